The number of methoxy groups -OCH3 is 1. The van der Waals surface area contributed by atoms with Gasteiger partial charge in [0.2, 0.25) is 0 Å². The molecule has 186 valence electrons. The molecule has 6 heteroatoms. The second kappa shape index (κ2) is 10.3. The lowest BCUT2D eigenvalue weighted by Gasteiger charge is -2.60. The number of esters is 1. The summed E-state index contributed by atoms with van der Waals surface area (Å²) in [6.07, 6.45) is 5.28. The Labute approximate surface area is 208 Å². The molecule has 1 amide bonds. The fourth-order valence-electron chi connectivity index (χ4n) is 6.21. The maximum absolute atomic E-state index is 13.3. The van der Waals surface area contributed by atoms with Crippen molar-refractivity contribution in [3.8, 4) is 5.75 Å². The van der Waals surface area contributed by atoms with Gasteiger partial charge in [-0.15, -0.1) is 6.58 Å². The molecule has 4 rings (SSSR count). The predicted octanol–water partition coefficient (Wildman–Crippen LogP) is 4.45. The fraction of sp³-hybridized carbons (Fsp3) is 0.448. The Morgan fingerprint density at radius 1 is 1.17 bits per heavy atom. The van der Waals surface area contributed by atoms with Gasteiger partial charge in [0.15, 0.2) is 0 Å². The maximum Gasteiger partial charge on any atom is 0.308 e. The summed E-state index contributed by atoms with van der Waals surface area (Å²) in [7, 11) is 3.72. The molecule has 2 aliphatic rings. The largest absolute Gasteiger partial charge is 0.427 e. The minimum absolute atomic E-state index is 0.0356. The van der Waals surface area contributed by atoms with E-state index in [1.807, 2.05) is 66.6 Å². The molecule has 2 aromatic rings. The summed E-state index contributed by atoms with van der Waals surface area (Å²) >= 11 is 0. The Morgan fingerprint density at radius 2 is 1.94 bits per heavy atom. The summed E-state index contributed by atoms with van der Waals surface area (Å²) < 4.78 is 11.9. The van der Waals surface area contributed by atoms with Crippen molar-refractivity contribution in [1.29, 1.82) is 0 Å². The number of rotatable bonds is 7. The van der Waals surface area contributed by atoms with Gasteiger partial charge in [0, 0.05) is 51.2 Å². The highest BCUT2D eigenvalue weighted by atomic mass is 16.5. The van der Waals surface area contributed by atoms with Gasteiger partial charge in [-0.1, -0.05) is 36.4 Å². The van der Waals surface area contributed by atoms with Gasteiger partial charge in [0.25, 0.3) is 5.91 Å². The summed E-state index contributed by atoms with van der Waals surface area (Å²) in [5.74, 6) is 0.236. The van der Waals surface area contributed by atoms with E-state index in [-0.39, 0.29) is 23.3 Å². The summed E-state index contributed by atoms with van der Waals surface area (Å²) in [6, 6.07) is 17.4. The molecule has 6 nitrogen and oxygen atoms in total. The Morgan fingerprint density at radius 3 is 2.63 bits per heavy atom. The van der Waals surface area contributed by atoms with E-state index in [1.54, 1.807) is 7.11 Å². The van der Waals surface area contributed by atoms with Crippen LogP contribution in [0.5, 0.6) is 5.75 Å². The van der Waals surface area contributed by atoms with Gasteiger partial charge >= 0.3 is 5.97 Å². The van der Waals surface area contributed by atoms with Gasteiger partial charge in [-0.3, -0.25) is 14.5 Å². The monoisotopic (exact) mass is 476 g/mol. The Bertz CT molecular complexity index is 1070. The number of amides is 1. The zero-order valence-corrected chi connectivity index (χ0v) is 21.0. The first-order valence-electron chi connectivity index (χ1n) is 12.3. The standard InChI is InChI=1S/C29H36N2O4/c1-5-17-31-18-16-28(24-12-9-13-26(19-24)35-22(2)32)20-25(14-15-29(28,21-31)34-4)30(3)27(33)23-10-7-6-8-11-23/h5-13,19,25H,1,14-18,20-21H2,2-4H3/t25-,28?,29?/m0/s1. The average molecular weight is 477 g/mol. The zero-order valence-electron chi connectivity index (χ0n) is 21.0. The van der Waals surface area contributed by atoms with Gasteiger partial charge in [-0.25, -0.2) is 0 Å². The van der Waals surface area contributed by atoms with Crippen LogP contribution in [0.2, 0.25) is 0 Å². The summed E-state index contributed by atoms with van der Waals surface area (Å²) in [4.78, 5) is 29.3. The van der Waals surface area contributed by atoms with Crippen molar-refractivity contribution in [2.75, 3.05) is 33.8 Å². The Balaban J connectivity index is 1.73. The predicted molar refractivity (Wildman–Crippen MR) is 137 cm³/mol. The first-order chi connectivity index (χ1) is 16.8. The lowest BCUT2D eigenvalue weighted by molar-refractivity contribution is -0.151. The van der Waals surface area contributed by atoms with E-state index in [4.69, 9.17) is 9.47 Å². The van der Waals surface area contributed by atoms with Crippen molar-refractivity contribution in [2.45, 2.75) is 49.7 Å². The molecule has 1 aliphatic heterocycles. The van der Waals surface area contributed by atoms with E-state index < -0.39 is 5.60 Å². The number of hydrogen-bond donors (Lipinski definition) is 0. The molecule has 0 bridgehead atoms. The van der Waals surface area contributed by atoms with E-state index >= 15 is 0 Å². The molecule has 1 aliphatic carbocycles. The number of hydrogen-bond acceptors (Lipinski definition) is 5. The molecule has 35 heavy (non-hydrogen) atoms. The van der Waals surface area contributed by atoms with Gasteiger partial charge < -0.3 is 14.4 Å². The highest BCUT2D eigenvalue weighted by molar-refractivity contribution is 5.94. The van der Waals surface area contributed by atoms with Crippen molar-refractivity contribution in [3.63, 3.8) is 0 Å². The minimum atomic E-state index is -0.420. The smallest absolute Gasteiger partial charge is 0.308 e. The lowest BCUT2D eigenvalue weighted by Crippen LogP contribution is -2.68. The molecule has 3 atom stereocenters. The van der Waals surface area contributed by atoms with Crippen molar-refractivity contribution in [2.24, 2.45) is 0 Å². The van der Waals surface area contributed by atoms with Crippen molar-refractivity contribution in [1.82, 2.24) is 9.80 Å². The Kier molecular flexibility index (Phi) is 7.43. The average Bonchev–Trinajstić information content (AvgIpc) is 2.88. The number of piperidine rings is 1. The van der Waals surface area contributed by atoms with Crippen molar-refractivity contribution in [3.05, 3.63) is 78.4 Å². The van der Waals surface area contributed by atoms with Crippen LogP contribution in [-0.2, 0) is 14.9 Å². The highest BCUT2D eigenvalue weighted by Crippen LogP contribution is 2.54. The molecule has 1 saturated carbocycles. The molecule has 2 unspecified atom stereocenters. The van der Waals surface area contributed by atoms with E-state index in [9.17, 15) is 9.59 Å². The third kappa shape index (κ3) is 4.78. The van der Waals surface area contributed by atoms with Gasteiger partial charge in [0.05, 0.1) is 5.60 Å². The van der Waals surface area contributed by atoms with Crippen LogP contribution in [0.15, 0.2) is 67.3 Å². The molecule has 0 aromatic heterocycles. The molecule has 0 N–H and O–H groups in total. The van der Waals surface area contributed by atoms with E-state index in [0.717, 1.165) is 50.9 Å². The molecule has 0 radical (unpaired) electrons. The number of likely N-dealkylation sites (tertiary alicyclic amines) is 1. The minimum Gasteiger partial charge on any atom is -0.427 e. The van der Waals surface area contributed by atoms with Gasteiger partial charge in [0.1, 0.15) is 5.75 Å². The number of carbonyl (C=O) groups excluding carboxylic acids is 2. The number of carbonyl (C=O) groups is 2. The normalized spacial score (nSPS) is 26.4. The van der Waals surface area contributed by atoms with Crippen LogP contribution in [0, 0.1) is 0 Å². The SMILES string of the molecule is C=CCN1CCC2(c3cccc(OC(C)=O)c3)C[C@@H](N(C)C(=O)c3ccccc3)CCC2(OC)C1. The first-order valence-corrected chi connectivity index (χ1v) is 12.3. The number of ether oxygens (including phenoxy) is 2. The number of benzene rings is 2. The van der Waals surface area contributed by atoms with E-state index in [1.165, 1.54) is 6.92 Å². The van der Waals surface area contributed by atoms with E-state index in [0.29, 0.717) is 11.3 Å². The number of nitrogens with zero attached hydrogens (tertiary/aromatic N) is 2. The van der Waals surface area contributed by atoms with Crippen LogP contribution >= 0.6 is 0 Å². The van der Waals surface area contributed by atoms with Crippen LogP contribution in [-0.4, -0.2) is 67.1 Å². The van der Waals surface area contributed by atoms with Crippen LogP contribution in [0.3, 0.4) is 0 Å². The number of fused-ring (bicyclic) bond motifs is 1. The fourth-order valence-corrected chi connectivity index (χ4v) is 6.21. The molecule has 2 aromatic carbocycles. The summed E-state index contributed by atoms with van der Waals surface area (Å²) in [5.41, 5.74) is 1.05. The quantitative estimate of drug-likeness (QED) is 0.336. The molecule has 0 spiro atoms. The highest BCUT2D eigenvalue weighted by Gasteiger charge is 2.59. The van der Waals surface area contributed by atoms with E-state index in [2.05, 4.69) is 17.5 Å². The zero-order chi connectivity index (χ0) is 25.1. The molecule has 2 fully saturated rings. The summed E-state index contributed by atoms with van der Waals surface area (Å²) in [6.45, 7) is 7.84. The summed E-state index contributed by atoms with van der Waals surface area (Å²) in [5, 5.41) is 0. The van der Waals surface area contributed by atoms with Crippen LogP contribution in [0.4, 0.5) is 0 Å². The van der Waals surface area contributed by atoms with Crippen molar-refractivity contribution >= 4 is 11.9 Å². The van der Waals surface area contributed by atoms with Crippen LogP contribution < -0.4 is 4.74 Å². The van der Waals surface area contributed by atoms with Gasteiger partial charge in [-0.05, 0) is 62.1 Å². The van der Waals surface area contributed by atoms with Crippen LogP contribution in [0.1, 0.15) is 48.5 Å². The molecular weight excluding hydrogens is 440 g/mol. The molecule has 1 heterocycles. The van der Waals surface area contributed by atoms with Crippen LogP contribution in [0.25, 0.3) is 0 Å². The maximum atomic E-state index is 13.3. The molecule has 1 saturated heterocycles. The second-order valence-electron chi connectivity index (χ2n) is 9.85. The Hall–Kier alpha value is -2.96. The third-order valence-electron chi connectivity index (χ3n) is 7.99. The van der Waals surface area contributed by atoms with Gasteiger partial charge in [-0.2, -0.15) is 0 Å². The molecular formula is C29H36N2O4. The topological polar surface area (TPSA) is 59.1 Å². The van der Waals surface area contributed by atoms with Crippen molar-refractivity contribution < 1.29 is 19.1 Å². The third-order valence-corrected chi connectivity index (χ3v) is 7.99. The second-order valence-corrected chi connectivity index (χ2v) is 9.85. The first kappa shape index (κ1) is 25.1. The lowest BCUT2D eigenvalue weighted by atomic mass is 9.55.